The first-order chi connectivity index (χ1) is 20.7. The number of hydrogen-bond donors (Lipinski definition) is 3. The fourth-order valence-electron chi connectivity index (χ4n) is 5.20. The van der Waals surface area contributed by atoms with Crippen molar-refractivity contribution in [3.63, 3.8) is 0 Å². The maximum Gasteiger partial charge on any atom is 0.408 e. The highest BCUT2D eigenvalue weighted by atomic mass is 16.6. The number of para-hydroxylation sites is 1. The summed E-state index contributed by atoms with van der Waals surface area (Å²) in [4.78, 5) is 55.2. The minimum Gasteiger partial charge on any atom is -0.444 e. The Labute approximate surface area is 263 Å². The van der Waals surface area contributed by atoms with Gasteiger partial charge in [0, 0.05) is 12.2 Å². The molecule has 4 amide bonds. The van der Waals surface area contributed by atoms with Gasteiger partial charge in [0.05, 0.1) is 6.42 Å². The van der Waals surface area contributed by atoms with Crippen LogP contribution in [-0.2, 0) is 19.1 Å². The lowest BCUT2D eigenvalue weighted by molar-refractivity contribution is -0.142. The number of anilines is 1. The smallest absolute Gasteiger partial charge is 0.408 e. The second-order valence-electron chi connectivity index (χ2n) is 12.6. The Kier molecular flexibility index (Phi) is 13.9. The van der Waals surface area contributed by atoms with E-state index in [1.165, 1.54) is 4.90 Å². The second kappa shape index (κ2) is 16.8. The van der Waals surface area contributed by atoms with Crippen LogP contribution in [0.25, 0.3) is 0 Å². The first kappa shape index (κ1) is 36.3. The third-order valence-electron chi connectivity index (χ3n) is 7.66. The van der Waals surface area contributed by atoms with Crippen LogP contribution in [0.4, 0.5) is 10.5 Å². The molecule has 242 valence electrons. The first-order valence-electron chi connectivity index (χ1n) is 15.7. The number of nitrogens with one attached hydrogen (secondary N) is 2. The first-order valence-corrected chi connectivity index (χ1v) is 15.7. The van der Waals surface area contributed by atoms with Crippen molar-refractivity contribution in [3.05, 3.63) is 64.2 Å². The number of amides is 4. The molecular weight excluding hydrogens is 556 g/mol. The SMILES string of the molecule is CCCCCCCCN(C(=O)C(CC(N)=O)NC(=O)OC(C)(C)C)C(C(=O)Nc1c(C)cccc1C)c1cccc(C)c1C. The van der Waals surface area contributed by atoms with Crippen LogP contribution in [-0.4, -0.2) is 46.9 Å². The molecule has 44 heavy (non-hydrogen) atoms. The predicted molar refractivity (Wildman–Crippen MR) is 175 cm³/mol. The fourth-order valence-corrected chi connectivity index (χ4v) is 5.20. The standard InChI is InChI=1S/C35H52N4O5/c1-9-10-11-12-13-14-21-39(33(42)28(22-29(36)40)37-34(43)44-35(6,7)8)31(27-20-16-17-23(2)26(27)5)32(41)38-30-24(3)18-15-19-25(30)4/h15-20,28,31H,9-14,21-22H2,1-8H3,(H2,36,40)(H,37,43)(H,38,41). The van der Waals surface area contributed by atoms with Crippen LogP contribution >= 0.6 is 0 Å². The monoisotopic (exact) mass is 608 g/mol. The topological polar surface area (TPSA) is 131 Å². The molecular formula is C35H52N4O5. The van der Waals surface area contributed by atoms with Gasteiger partial charge >= 0.3 is 6.09 Å². The van der Waals surface area contributed by atoms with Gasteiger partial charge in [0.1, 0.15) is 17.7 Å². The Morgan fingerprint density at radius 1 is 0.864 bits per heavy atom. The number of unbranched alkanes of at least 4 members (excludes halogenated alkanes) is 5. The highest BCUT2D eigenvalue weighted by molar-refractivity contribution is 6.00. The van der Waals surface area contributed by atoms with Gasteiger partial charge in [0.2, 0.25) is 11.8 Å². The molecule has 0 heterocycles. The number of alkyl carbamates (subject to hydrolysis) is 1. The number of aryl methyl sites for hydroxylation is 3. The summed E-state index contributed by atoms with van der Waals surface area (Å²) < 4.78 is 5.40. The minimum absolute atomic E-state index is 0.244. The molecule has 0 aliphatic heterocycles. The zero-order valence-corrected chi connectivity index (χ0v) is 27.8. The molecule has 0 aliphatic carbocycles. The van der Waals surface area contributed by atoms with Gasteiger partial charge in [-0.25, -0.2) is 4.79 Å². The number of ether oxygens (including phenoxy) is 1. The molecule has 2 aromatic rings. The molecule has 9 nitrogen and oxygen atoms in total. The fraction of sp³-hybridized carbons (Fsp3) is 0.543. The Morgan fingerprint density at radius 2 is 1.43 bits per heavy atom. The Balaban J connectivity index is 2.62. The van der Waals surface area contributed by atoms with Crippen molar-refractivity contribution in [1.29, 1.82) is 0 Å². The van der Waals surface area contributed by atoms with E-state index < -0.39 is 42.0 Å². The van der Waals surface area contributed by atoms with Crippen molar-refractivity contribution in [2.24, 2.45) is 5.73 Å². The molecule has 0 saturated heterocycles. The molecule has 2 unspecified atom stereocenters. The quantitative estimate of drug-likeness (QED) is 0.197. The molecule has 2 atom stereocenters. The highest BCUT2D eigenvalue weighted by Crippen LogP contribution is 2.30. The van der Waals surface area contributed by atoms with Crippen molar-refractivity contribution < 1.29 is 23.9 Å². The van der Waals surface area contributed by atoms with E-state index in [0.717, 1.165) is 54.4 Å². The summed E-state index contributed by atoms with van der Waals surface area (Å²) in [5, 5.41) is 5.65. The van der Waals surface area contributed by atoms with E-state index in [-0.39, 0.29) is 12.5 Å². The van der Waals surface area contributed by atoms with Crippen LogP contribution in [0.5, 0.6) is 0 Å². The number of hydrogen-bond acceptors (Lipinski definition) is 5. The number of nitrogens with two attached hydrogens (primary N) is 1. The largest absolute Gasteiger partial charge is 0.444 e. The van der Waals surface area contributed by atoms with Gasteiger partial charge < -0.3 is 26.0 Å². The van der Waals surface area contributed by atoms with Crippen molar-refractivity contribution in [2.45, 2.75) is 118 Å². The molecule has 0 bridgehead atoms. The van der Waals surface area contributed by atoms with E-state index in [0.29, 0.717) is 17.7 Å². The number of carbonyl (C=O) groups is 4. The lowest BCUT2D eigenvalue weighted by Gasteiger charge is -2.35. The van der Waals surface area contributed by atoms with Gasteiger partial charge in [0.25, 0.3) is 5.91 Å². The molecule has 0 fully saturated rings. The summed E-state index contributed by atoms with van der Waals surface area (Å²) in [5.74, 6) is -1.72. The van der Waals surface area contributed by atoms with Gasteiger partial charge in [-0.2, -0.15) is 0 Å². The number of rotatable bonds is 15. The van der Waals surface area contributed by atoms with E-state index in [9.17, 15) is 19.2 Å². The molecule has 0 aliphatic rings. The number of primary amides is 1. The maximum absolute atomic E-state index is 14.4. The van der Waals surface area contributed by atoms with Gasteiger partial charge in [-0.15, -0.1) is 0 Å². The van der Waals surface area contributed by atoms with Gasteiger partial charge in [0.15, 0.2) is 0 Å². The van der Waals surface area contributed by atoms with Crippen LogP contribution in [0.15, 0.2) is 36.4 Å². The summed E-state index contributed by atoms with van der Waals surface area (Å²) in [5.41, 5.74) is 9.71. The molecule has 2 rings (SSSR count). The minimum atomic E-state index is -1.32. The lowest BCUT2D eigenvalue weighted by atomic mass is 9.94. The van der Waals surface area contributed by atoms with Crippen molar-refractivity contribution in [3.8, 4) is 0 Å². The summed E-state index contributed by atoms with van der Waals surface area (Å²) in [6.45, 7) is 15.2. The van der Waals surface area contributed by atoms with Crippen LogP contribution in [0.3, 0.4) is 0 Å². The summed E-state index contributed by atoms with van der Waals surface area (Å²) in [7, 11) is 0. The molecule has 0 spiro atoms. The van der Waals surface area contributed by atoms with Crippen LogP contribution in [0, 0.1) is 27.7 Å². The third-order valence-corrected chi connectivity index (χ3v) is 7.66. The molecule has 9 heteroatoms. The van der Waals surface area contributed by atoms with Gasteiger partial charge in [-0.3, -0.25) is 14.4 Å². The van der Waals surface area contributed by atoms with E-state index >= 15 is 0 Å². The molecule has 4 N–H and O–H groups in total. The van der Waals surface area contributed by atoms with Crippen LogP contribution in [0.1, 0.15) is 106 Å². The molecule has 2 aromatic carbocycles. The van der Waals surface area contributed by atoms with E-state index in [2.05, 4.69) is 17.6 Å². The van der Waals surface area contributed by atoms with Crippen LogP contribution < -0.4 is 16.4 Å². The van der Waals surface area contributed by atoms with Crippen LogP contribution in [0.2, 0.25) is 0 Å². The van der Waals surface area contributed by atoms with Gasteiger partial charge in [-0.1, -0.05) is 75.4 Å². The van der Waals surface area contributed by atoms with Crippen molar-refractivity contribution >= 4 is 29.5 Å². The maximum atomic E-state index is 14.4. The van der Waals surface area contributed by atoms with E-state index in [1.807, 2.05) is 64.1 Å². The average molecular weight is 609 g/mol. The normalized spacial score (nSPS) is 12.6. The number of benzene rings is 2. The summed E-state index contributed by atoms with van der Waals surface area (Å²) >= 11 is 0. The zero-order valence-electron chi connectivity index (χ0n) is 27.8. The highest BCUT2D eigenvalue weighted by Gasteiger charge is 2.37. The predicted octanol–water partition coefficient (Wildman–Crippen LogP) is 6.56. The zero-order chi connectivity index (χ0) is 33.0. The third kappa shape index (κ3) is 11.0. The Morgan fingerprint density at radius 3 is 2.02 bits per heavy atom. The molecule has 0 radical (unpaired) electrons. The van der Waals surface area contributed by atoms with E-state index in [4.69, 9.17) is 10.5 Å². The average Bonchev–Trinajstić information content (AvgIpc) is 2.92. The number of nitrogens with zero attached hydrogens (tertiary/aromatic N) is 1. The number of carbonyl (C=O) groups excluding carboxylic acids is 4. The molecule has 0 aromatic heterocycles. The Bertz CT molecular complexity index is 1280. The Hall–Kier alpha value is -3.88. The summed E-state index contributed by atoms with van der Waals surface area (Å²) in [6.07, 6.45) is 4.55. The molecule has 0 saturated carbocycles. The van der Waals surface area contributed by atoms with Crippen molar-refractivity contribution in [2.75, 3.05) is 11.9 Å². The lowest BCUT2D eigenvalue weighted by Crippen LogP contribution is -2.53. The second-order valence-corrected chi connectivity index (χ2v) is 12.6. The van der Waals surface area contributed by atoms with E-state index in [1.54, 1.807) is 20.8 Å². The summed E-state index contributed by atoms with van der Waals surface area (Å²) in [6, 6.07) is 9.08. The van der Waals surface area contributed by atoms with Gasteiger partial charge in [-0.05, 0) is 82.7 Å². The van der Waals surface area contributed by atoms with Crippen molar-refractivity contribution in [1.82, 2.24) is 10.2 Å².